The molecule has 0 radical (unpaired) electrons. The second kappa shape index (κ2) is 7.56. The van der Waals surface area contributed by atoms with Gasteiger partial charge in [-0.3, -0.25) is 29.4 Å². The molecule has 0 unspecified atom stereocenters. The first-order valence-corrected chi connectivity index (χ1v) is 8.91. The van der Waals surface area contributed by atoms with E-state index in [4.69, 9.17) is 4.74 Å². The van der Waals surface area contributed by atoms with Gasteiger partial charge in [-0.25, -0.2) is 4.79 Å². The van der Waals surface area contributed by atoms with E-state index in [-0.39, 0.29) is 28.3 Å². The molecule has 0 fully saturated rings. The maximum absolute atomic E-state index is 12.5. The third-order valence-electron chi connectivity index (χ3n) is 3.89. The number of ether oxygens (including phenoxy) is 1. The summed E-state index contributed by atoms with van der Waals surface area (Å²) in [7, 11) is 0. The molecule has 0 aliphatic carbocycles. The number of carbonyl (C=O) groups is 4. The molecule has 1 aliphatic heterocycles. The number of anilines is 1. The average molecular weight is 403 g/mol. The first-order valence-electron chi connectivity index (χ1n) is 8.03. The number of benzene rings is 1. The molecule has 1 aliphatic rings. The van der Waals surface area contributed by atoms with Crippen molar-refractivity contribution in [3.8, 4) is 0 Å². The van der Waals surface area contributed by atoms with E-state index in [1.165, 1.54) is 18.2 Å². The summed E-state index contributed by atoms with van der Waals surface area (Å²) < 4.78 is 4.89. The number of carbonyl (C=O) groups excluding carboxylic acids is 4. The van der Waals surface area contributed by atoms with E-state index in [1.807, 2.05) is 0 Å². The van der Waals surface area contributed by atoms with Crippen molar-refractivity contribution < 1.29 is 28.8 Å². The SMILES string of the molecule is CCOC(=O)c1ccsc1NC(=O)CN1C(=O)c2cccc([N+](=O)[O-])c2C1=O. The highest BCUT2D eigenvalue weighted by Crippen LogP contribution is 2.31. The Morgan fingerprint density at radius 2 is 2.00 bits per heavy atom. The maximum Gasteiger partial charge on any atom is 0.341 e. The van der Waals surface area contributed by atoms with E-state index in [0.29, 0.717) is 4.90 Å². The van der Waals surface area contributed by atoms with E-state index in [2.05, 4.69) is 5.32 Å². The first-order chi connectivity index (χ1) is 13.3. The minimum Gasteiger partial charge on any atom is -0.462 e. The van der Waals surface area contributed by atoms with Crippen LogP contribution in [-0.2, 0) is 9.53 Å². The standard InChI is InChI=1S/C17H13N3O7S/c1-2-27-17(24)10-6-7-28-14(10)18-12(21)8-19-15(22)9-4-3-5-11(20(25)26)13(9)16(19)23/h3-7H,2,8H2,1H3,(H,18,21). The Kier molecular flexibility index (Phi) is 5.18. The van der Waals surface area contributed by atoms with Crippen molar-refractivity contribution in [2.45, 2.75) is 6.92 Å². The molecule has 0 saturated carbocycles. The molecule has 3 amide bonds. The van der Waals surface area contributed by atoms with Crippen molar-refractivity contribution in [1.29, 1.82) is 0 Å². The molecule has 11 heteroatoms. The number of hydrogen-bond acceptors (Lipinski definition) is 8. The zero-order valence-electron chi connectivity index (χ0n) is 14.5. The van der Waals surface area contributed by atoms with Gasteiger partial charge in [0.25, 0.3) is 17.5 Å². The lowest BCUT2D eigenvalue weighted by atomic mass is 10.1. The van der Waals surface area contributed by atoms with Gasteiger partial charge < -0.3 is 10.1 Å². The highest BCUT2D eigenvalue weighted by atomic mass is 32.1. The highest BCUT2D eigenvalue weighted by molar-refractivity contribution is 7.14. The lowest BCUT2D eigenvalue weighted by molar-refractivity contribution is -0.385. The van der Waals surface area contributed by atoms with Gasteiger partial charge in [0.2, 0.25) is 5.91 Å². The molecule has 0 atom stereocenters. The molecule has 2 aromatic rings. The van der Waals surface area contributed by atoms with Crippen LogP contribution in [0.1, 0.15) is 38.0 Å². The fourth-order valence-electron chi connectivity index (χ4n) is 2.70. The lowest BCUT2D eigenvalue weighted by Crippen LogP contribution is -2.37. The molecule has 144 valence electrons. The van der Waals surface area contributed by atoms with E-state index < -0.39 is 40.8 Å². The molecule has 1 N–H and O–H groups in total. The van der Waals surface area contributed by atoms with Gasteiger partial charge in [0, 0.05) is 6.07 Å². The number of nitrogens with one attached hydrogen (secondary N) is 1. The smallest absolute Gasteiger partial charge is 0.341 e. The third-order valence-corrected chi connectivity index (χ3v) is 4.72. The third kappa shape index (κ3) is 3.34. The van der Waals surface area contributed by atoms with Crippen molar-refractivity contribution in [3.63, 3.8) is 0 Å². The van der Waals surface area contributed by atoms with Crippen molar-refractivity contribution >= 4 is 45.7 Å². The van der Waals surface area contributed by atoms with Gasteiger partial charge in [-0.1, -0.05) is 6.07 Å². The Balaban J connectivity index is 1.78. The number of amides is 3. The monoisotopic (exact) mass is 403 g/mol. The minimum absolute atomic E-state index is 0.129. The Morgan fingerprint density at radius 1 is 1.25 bits per heavy atom. The molecule has 0 saturated heterocycles. The van der Waals surface area contributed by atoms with Crippen LogP contribution in [0.15, 0.2) is 29.6 Å². The Bertz CT molecular complexity index is 1010. The summed E-state index contributed by atoms with van der Waals surface area (Å²) in [5.74, 6) is -3.06. The van der Waals surface area contributed by atoms with Gasteiger partial charge >= 0.3 is 5.97 Å². The molecular weight excluding hydrogens is 390 g/mol. The van der Waals surface area contributed by atoms with Crippen LogP contribution in [0.4, 0.5) is 10.7 Å². The summed E-state index contributed by atoms with van der Waals surface area (Å²) in [5.41, 5.74) is -0.816. The van der Waals surface area contributed by atoms with Crippen molar-refractivity contribution in [2.75, 3.05) is 18.5 Å². The Morgan fingerprint density at radius 3 is 2.68 bits per heavy atom. The van der Waals surface area contributed by atoms with Crippen LogP contribution in [0.3, 0.4) is 0 Å². The fourth-order valence-corrected chi connectivity index (χ4v) is 3.49. The summed E-state index contributed by atoms with van der Waals surface area (Å²) in [6, 6.07) is 5.18. The largest absolute Gasteiger partial charge is 0.462 e. The average Bonchev–Trinajstić information content (AvgIpc) is 3.20. The van der Waals surface area contributed by atoms with Crippen LogP contribution in [0.5, 0.6) is 0 Å². The number of esters is 1. The number of thiophene rings is 1. The van der Waals surface area contributed by atoms with Crippen molar-refractivity contribution in [1.82, 2.24) is 4.90 Å². The second-order valence-corrected chi connectivity index (χ2v) is 6.50. The van der Waals surface area contributed by atoms with Gasteiger partial charge in [0.15, 0.2) is 0 Å². The molecule has 1 aromatic carbocycles. The van der Waals surface area contributed by atoms with Crippen molar-refractivity contribution in [2.24, 2.45) is 0 Å². The van der Waals surface area contributed by atoms with Crippen LogP contribution in [-0.4, -0.2) is 46.7 Å². The molecular formula is C17H13N3O7S. The highest BCUT2D eigenvalue weighted by Gasteiger charge is 2.41. The normalized spacial score (nSPS) is 12.7. The molecule has 2 heterocycles. The molecule has 1 aromatic heterocycles. The number of imide groups is 1. The predicted octanol–water partition coefficient (Wildman–Crippen LogP) is 2.07. The zero-order valence-corrected chi connectivity index (χ0v) is 15.3. The quantitative estimate of drug-likeness (QED) is 0.337. The second-order valence-electron chi connectivity index (χ2n) is 5.59. The zero-order chi connectivity index (χ0) is 20.4. The first kappa shape index (κ1) is 19.2. The van der Waals surface area contributed by atoms with Gasteiger partial charge in [0.1, 0.15) is 17.1 Å². The number of fused-ring (bicyclic) bond motifs is 1. The van der Waals surface area contributed by atoms with Crippen LogP contribution >= 0.6 is 11.3 Å². The van der Waals surface area contributed by atoms with Crippen molar-refractivity contribution in [3.05, 3.63) is 56.5 Å². The molecule has 28 heavy (non-hydrogen) atoms. The van der Waals surface area contributed by atoms with E-state index in [1.54, 1.807) is 12.3 Å². The fraction of sp³-hybridized carbons (Fsp3) is 0.176. The van der Waals surface area contributed by atoms with Gasteiger partial charge in [0.05, 0.1) is 22.7 Å². The number of rotatable bonds is 6. The van der Waals surface area contributed by atoms with Gasteiger partial charge in [-0.2, -0.15) is 0 Å². The van der Waals surface area contributed by atoms with Gasteiger partial charge in [-0.05, 0) is 24.4 Å². The predicted molar refractivity (Wildman–Crippen MR) is 97.4 cm³/mol. The number of nitro groups is 1. The van der Waals surface area contributed by atoms with Crippen LogP contribution in [0, 0.1) is 10.1 Å². The lowest BCUT2D eigenvalue weighted by Gasteiger charge is -2.13. The topological polar surface area (TPSA) is 136 Å². The number of nitro benzene ring substituents is 1. The minimum atomic E-state index is -0.917. The summed E-state index contributed by atoms with van der Waals surface area (Å²) in [5, 5.41) is 15.4. The summed E-state index contributed by atoms with van der Waals surface area (Å²) >= 11 is 1.07. The molecule has 10 nitrogen and oxygen atoms in total. The van der Waals surface area contributed by atoms with Gasteiger partial charge in [-0.15, -0.1) is 11.3 Å². The summed E-state index contributed by atoms with van der Waals surface area (Å²) in [6.07, 6.45) is 0. The Hall–Kier alpha value is -3.60. The Labute approximate surface area is 161 Å². The van der Waals surface area contributed by atoms with E-state index in [0.717, 1.165) is 17.4 Å². The molecule has 0 spiro atoms. The van der Waals surface area contributed by atoms with Crippen LogP contribution in [0.2, 0.25) is 0 Å². The van der Waals surface area contributed by atoms with E-state index >= 15 is 0 Å². The number of hydrogen-bond donors (Lipinski definition) is 1. The maximum atomic E-state index is 12.5. The molecule has 3 rings (SSSR count). The van der Waals surface area contributed by atoms with Crippen LogP contribution < -0.4 is 5.32 Å². The summed E-state index contributed by atoms with van der Waals surface area (Å²) in [6.45, 7) is 1.16. The van der Waals surface area contributed by atoms with Crippen LogP contribution in [0.25, 0.3) is 0 Å². The summed E-state index contributed by atoms with van der Waals surface area (Å²) in [4.78, 5) is 60.1. The number of nitrogens with zero attached hydrogens (tertiary/aromatic N) is 2. The molecule has 0 bridgehead atoms. The van der Waals surface area contributed by atoms with E-state index in [9.17, 15) is 29.3 Å².